The van der Waals surface area contributed by atoms with Crippen LogP contribution in [-0.2, 0) is 5.41 Å². The average molecular weight is 363 g/mol. The highest BCUT2D eigenvalue weighted by Gasteiger charge is 2.47. The Kier molecular flexibility index (Phi) is 4.39. The van der Waals surface area contributed by atoms with E-state index in [2.05, 4.69) is 28.1 Å². The third-order valence-electron chi connectivity index (χ3n) is 6.05. The number of pyridine rings is 1. The second-order valence-corrected chi connectivity index (χ2v) is 7.91. The van der Waals surface area contributed by atoms with Gasteiger partial charge < -0.3 is 10.0 Å². The van der Waals surface area contributed by atoms with Crippen molar-refractivity contribution in [1.82, 2.24) is 4.98 Å². The van der Waals surface area contributed by atoms with Crippen LogP contribution in [0.1, 0.15) is 32.3 Å². The number of benzene rings is 2. The molecule has 27 heavy (non-hydrogen) atoms. The van der Waals surface area contributed by atoms with Crippen molar-refractivity contribution >= 4 is 16.6 Å². The zero-order chi connectivity index (χ0) is 19.1. The largest absolute Gasteiger partial charge is 0.390 e. The molecule has 1 aliphatic heterocycles. The maximum absolute atomic E-state index is 13.8. The highest BCUT2D eigenvalue weighted by Crippen LogP contribution is 2.45. The third kappa shape index (κ3) is 3.08. The van der Waals surface area contributed by atoms with Crippen LogP contribution in [0.5, 0.6) is 0 Å². The predicted molar refractivity (Wildman–Crippen MR) is 106 cm³/mol. The van der Waals surface area contributed by atoms with Crippen LogP contribution in [0.25, 0.3) is 10.9 Å². The Morgan fingerprint density at radius 1 is 1.11 bits per heavy atom. The SMILES string of the molecule is CC(C)(O)C1(c2ccccc2)CCN(c2[c]cnc3ccc(F)cc23)CC1. The van der Waals surface area contributed by atoms with Crippen LogP contribution >= 0.6 is 0 Å². The molecular weight excluding hydrogens is 339 g/mol. The number of hydrogen-bond acceptors (Lipinski definition) is 3. The van der Waals surface area contributed by atoms with E-state index in [1.54, 1.807) is 12.3 Å². The van der Waals surface area contributed by atoms with Gasteiger partial charge in [0.2, 0.25) is 0 Å². The number of anilines is 1. The average Bonchev–Trinajstić information content (AvgIpc) is 2.67. The quantitative estimate of drug-likeness (QED) is 0.745. The van der Waals surface area contributed by atoms with Crippen LogP contribution in [0.2, 0.25) is 0 Å². The lowest BCUT2D eigenvalue weighted by atomic mass is 9.63. The Balaban J connectivity index is 1.68. The van der Waals surface area contributed by atoms with Gasteiger partial charge in [-0.2, -0.15) is 0 Å². The molecule has 3 nitrogen and oxygen atoms in total. The minimum Gasteiger partial charge on any atom is -0.390 e. The van der Waals surface area contributed by atoms with Crippen molar-refractivity contribution in [2.24, 2.45) is 0 Å². The van der Waals surface area contributed by atoms with Crippen LogP contribution in [0.15, 0.2) is 54.7 Å². The molecule has 2 aromatic carbocycles. The Morgan fingerprint density at radius 3 is 2.48 bits per heavy atom. The molecule has 0 spiro atoms. The van der Waals surface area contributed by atoms with Gasteiger partial charge >= 0.3 is 0 Å². The number of rotatable bonds is 3. The predicted octanol–water partition coefficient (Wildman–Crippen LogP) is 4.48. The van der Waals surface area contributed by atoms with Gasteiger partial charge in [-0.1, -0.05) is 30.3 Å². The molecular formula is C23H24FN2O. The molecule has 2 heterocycles. The smallest absolute Gasteiger partial charge is 0.124 e. The molecule has 0 saturated carbocycles. The molecule has 0 atom stereocenters. The van der Waals surface area contributed by atoms with E-state index in [0.717, 1.165) is 42.5 Å². The lowest BCUT2D eigenvalue weighted by Crippen LogP contribution is -2.54. The minimum atomic E-state index is -0.837. The van der Waals surface area contributed by atoms with Gasteiger partial charge in [-0.3, -0.25) is 4.98 Å². The standard InChI is InChI=1S/C23H24FN2O/c1-22(2,27)23(17-6-4-3-5-7-17)11-14-26(15-12-23)21-10-13-25-20-9-8-18(24)16-19(20)21/h3-9,13,16,27H,11-12,14-15H2,1-2H3. The molecule has 1 radical (unpaired) electrons. The summed E-state index contributed by atoms with van der Waals surface area (Å²) in [5, 5.41) is 11.8. The fourth-order valence-corrected chi connectivity index (χ4v) is 4.44. The van der Waals surface area contributed by atoms with Crippen molar-refractivity contribution in [2.45, 2.75) is 37.7 Å². The van der Waals surface area contributed by atoms with Gasteiger partial charge in [0, 0.05) is 36.2 Å². The molecule has 3 aromatic rings. The minimum absolute atomic E-state index is 0.266. The van der Waals surface area contributed by atoms with E-state index < -0.39 is 5.60 Å². The van der Waals surface area contributed by atoms with Gasteiger partial charge in [-0.05, 0) is 50.5 Å². The fourth-order valence-electron chi connectivity index (χ4n) is 4.44. The first-order valence-electron chi connectivity index (χ1n) is 9.39. The summed E-state index contributed by atoms with van der Waals surface area (Å²) in [6.07, 6.45) is 3.28. The summed E-state index contributed by atoms with van der Waals surface area (Å²) in [6, 6.07) is 18.2. The molecule has 4 rings (SSSR count). The van der Waals surface area contributed by atoms with Crippen LogP contribution in [0.3, 0.4) is 0 Å². The number of piperidine rings is 1. The van der Waals surface area contributed by atoms with E-state index in [9.17, 15) is 9.50 Å². The highest BCUT2D eigenvalue weighted by atomic mass is 19.1. The Hall–Kier alpha value is -2.46. The normalized spacial score (nSPS) is 17.3. The first-order chi connectivity index (χ1) is 12.9. The van der Waals surface area contributed by atoms with Gasteiger partial charge in [0.15, 0.2) is 0 Å². The number of nitrogens with zero attached hydrogens (tertiary/aromatic N) is 2. The molecule has 1 saturated heterocycles. The van der Waals surface area contributed by atoms with Crippen molar-refractivity contribution in [2.75, 3.05) is 18.0 Å². The Labute approximate surface area is 159 Å². The Morgan fingerprint density at radius 2 is 1.81 bits per heavy atom. The van der Waals surface area contributed by atoms with Crippen LogP contribution < -0.4 is 4.90 Å². The first-order valence-corrected chi connectivity index (χ1v) is 9.39. The molecule has 139 valence electrons. The lowest BCUT2D eigenvalue weighted by Gasteiger charge is -2.49. The van der Waals surface area contributed by atoms with Gasteiger partial charge in [0.05, 0.1) is 16.8 Å². The number of aromatic nitrogens is 1. The number of halogens is 1. The third-order valence-corrected chi connectivity index (χ3v) is 6.05. The van der Waals surface area contributed by atoms with Crippen LogP contribution in [0, 0.1) is 11.9 Å². The maximum Gasteiger partial charge on any atom is 0.124 e. The molecule has 0 bridgehead atoms. The summed E-state index contributed by atoms with van der Waals surface area (Å²) in [6.45, 7) is 5.34. The second kappa shape index (κ2) is 6.61. The zero-order valence-electron chi connectivity index (χ0n) is 15.7. The summed E-state index contributed by atoms with van der Waals surface area (Å²) in [7, 11) is 0. The summed E-state index contributed by atoms with van der Waals surface area (Å²) in [5.41, 5.74) is 1.69. The fraction of sp³-hybridized carbons (Fsp3) is 0.348. The van der Waals surface area contributed by atoms with Gasteiger partial charge in [0.25, 0.3) is 0 Å². The maximum atomic E-state index is 13.8. The zero-order valence-corrected chi connectivity index (χ0v) is 15.7. The number of fused-ring (bicyclic) bond motifs is 1. The summed E-state index contributed by atoms with van der Waals surface area (Å²) >= 11 is 0. The molecule has 1 fully saturated rings. The van der Waals surface area contributed by atoms with Crippen LogP contribution in [0.4, 0.5) is 10.1 Å². The van der Waals surface area contributed by atoms with E-state index in [0.29, 0.717) is 0 Å². The van der Waals surface area contributed by atoms with Crippen molar-refractivity contribution in [3.8, 4) is 0 Å². The molecule has 1 aliphatic rings. The van der Waals surface area contributed by atoms with Crippen molar-refractivity contribution in [1.29, 1.82) is 0 Å². The lowest BCUT2D eigenvalue weighted by molar-refractivity contribution is -0.0201. The van der Waals surface area contributed by atoms with Gasteiger partial charge in [-0.15, -0.1) is 0 Å². The van der Waals surface area contributed by atoms with E-state index >= 15 is 0 Å². The van der Waals surface area contributed by atoms with Crippen LogP contribution in [-0.4, -0.2) is 28.8 Å². The van der Waals surface area contributed by atoms with Gasteiger partial charge in [-0.25, -0.2) is 4.39 Å². The summed E-state index contributed by atoms with van der Waals surface area (Å²) < 4.78 is 13.8. The highest BCUT2D eigenvalue weighted by molar-refractivity contribution is 5.91. The number of hydrogen-bond donors (Lipinski definition) is 1. The van der Waals surface area contributed by atoms with Gasteiger partial charge in [0.1, 0.15) is 5.82 Å². The molecule has 1 N–H and O–H groups in total. The topological polar surface area (TPSA) is 36.4 Å². The van der Waals surface area contributed by atoms with E-state index in [4.69, 9.17) is 0 Å². The van der Waals surface area contributed by atoms with Crippen molar-refractivity contribution < 1.29 is 9.50 Å². The number of aliphatic hydroxyl groups is 1. The Bertz CT molecular complexity index is 941. The first kappa shape index (κ1) is 17.9. The van der Waals surface area contributed by atoms with Crippen molar-refractivity contribution in [3.63, 3.8) is 0 Å². The molecule has 4 heteroatoms. The summed E-state index contributed by atoms with van der Waals surface area (Å²) in [5.74, 6) is -0.266. The summed E-state index contributed by atoms with van der Waals surface area (Å²) in [4.78, 5) is 6.54. The second-order valence-electron chi connectivity index (χ2n) is 7.91. The molecule has 0 amide bonds. The van der Waals surface area contributed by atoms with E-state index in [1.807, 2.05) is 32.0 Å². The molecule has 0 aliphatic carbocycles. The van der Waals surface area contributed by atoms with E-state index in [1.165, 1.54) is 17.7 Å². The van der Waals surface area contributed by atoms with E-state index in [-0.39, 0.29) is 11.2 Å². The monoisotopic (exact) mass is 363 g/mol. The molecule has 0 unspecified atom stereocenters. The molecule has 1 aromatic heterocycles. The van der Waals surface area contributed by atoms with Crippen molar-refractivity contribution in [3.05, 3.63) is 72.2 Å².